The number of ether oxygens (including phenoxy) is 1. The van der Waals surface area contributed by atoms with Crippen molar-refractivity contribution in [3.05, 3.63) is 18.2 Å². The van der Waals surface area contributed by atoms with Crippen molar-refractivity contribution >= 4 is 11.4 Å². The number of para-hydroxylation sites is 1. The first-order valence-corrected chi connectivity index (χ1v) is 7.42. The molecule has 1 aliphatic carbocycles. The minimum absolute atomic E-state index is 0.153. The standard InChI is InChI=1S/C16H26N2O/c1-4-10-18(11-13-8-9-13)14-6-5-7-15(16(14)17)19-12(2)3/h5-7,12-13H,4,8-11,17H2,1-3H3. The maximum atomic E-state index is 6.29. The van der Waals surface area contributed by atoms with Crippen LogP contribution < -0.4 is 15.4 Å². The van der Waals surface area contributed by atoms with E-state index in [4.69, 9.17) is 10.5 Å². The lowest BCUT2D eigenvalue weighted by molar-refractivity contribution is 0.244. The van der Waals surface area contributed by atoms with Gasteiger partial charge in [0.15, 0.2) is 0 Å². The Labute approximate surface area is 116 Å². The first-order valence-electron chi connectivity index (χ1n) is 7.42. The summed E-state index contributed by atoms with van der Waals surface area (Å²) in [4.78, 5) is 2.42. The fraction of sp³-hybridized carbons (Fsp3) is 0.625. The highest BCUT2D eigenvalue weighted by molar-refractivity contribution is 5.74. The van der Waals surface area contributed by atoms with E-state index in [1.54, 1.807) is 0 Å². The number of hydrogen-bond acceptors (Lipinski definition) is 3. The molecule has 3 heteroatoms. The Bertz CT molecular complexity index is 413. The Morgan fingerprint density at radius 1 is 1.37 bits per heavy atom. The second-order valence-electron chi connectivity index (χ2n) is 5.74. The van der Waals surface area contributed by atoms with Crippen LogP contribution in [-0.2, 0) is 0 Å². The highest BCUT2D eigenvalue weighted by atomic mass is 16.5. The van der Waals surface area contributed by atoms with Crippen molar-refractivity contribution in [1.29, 1.82) is 0 Å². The van der Waals surface area contributed by atoms with E-state index in [0.717, 1.165) is 42.6 Å². The van der Waals surface area contributed by atoms with Crippen LogP contribution in [0.15, 0.2) is 18.2 Å². The van der Waals surface area contributed by atoms with Gasteiger partial charge >= 0.3 is 0 Å². The lowest BCUT2D eigenvalue weighted by atomic mass is 10.2. The van der Waals surface area contributed by atoms with Crippen LogP contribution in [-0.4, -0.2) is 19.2 Å². The van der Waals surface area contributed by atoms with Crippen LogP contribution in [0.2, 0.25) is 0 Å². The number of nitrogen functional groups attached to an aromatic ring is 1. The Balaban J connectivity index is 2.19. The van der Waals surface area contributed by atoms with Gasteiger partial charge in [-0.25, -0.2) is 0 Å². The number of anilines is 2. The molecule has 2 rings (SSSR count). The summed E-state index contributed by atoms with van der Waals surface area (Å²) in [7, 11) is 0. The van der Waals surface area contributed by atoms with Crippen LogP contribution in [0, 0.1) is 5.92 Å². The third-order valence-corrected chi connectivity index (χ3v) is 3.42. The van der Waals surface area contributed by atoms with Crippen LogP contribution in [0.25, 0.3) is 0 Å². The topological polar surface area (TPSA) is 38.5 Å². The predicted molar refractivity (Wildman–Crippen MR) is 81.8 cm³/mol. The Morgan fingerprint density at radius 3 is 2.68 bits per heavy atom. The van der Waals surface area contributed by atoms with Gasteiger partial charge in [-0.1, -0.05) is 13.0 Å². The monoisotopic (exact) mass is 262 g/mol. The van der Waals surface area contributed by atoms with Gasteiger partial charge in [0.25, 0.3) is 0 Å². The molecule has 0 bridgehead atoms. The minimum Gasteiger partial charge on any atom is -0.489 e. The molecule has 1 aromatic carbocycles. The number of nitrogens with zero attached hydrogens (tertiary/aromatic N) is 1. The molecule has 0 aliphatic heterocycles. The second-order valence-corrected chi connectivity index (χ2v) is 5.74. The molecule has 0 radical (unpaired) electrons. The summed E-state index contributed by atoms with van der Waals surface area (Å²) in [6, 6.07) is 6.11. The van der Waals surface area contributed by atoms with E-state index in [0.29, 0.717) is 0 Å². The van der Waals surface area contributed by atoms with Crippen LogP contribution >= 0.6 is 0 Å². The molecule has 1 aliphatic rings. The summed E-state index contributed by atoms with van der Waals surface area (Å²) in [6.45, 7) is 8.46. The summed E-state index contributed by atoms with van der Waals surface area (Å²) in [6.07, 6.45) is 4.02. The highest BCUT2D eigenvalue weighted by Gasteiger charge is 2.25. The van der Waals surface area contributed by atoms with Crippen molar-refractivity contribution in [3.8, 4) is 5.75 Å². The van der Waals surface area contributed by atoms with Gasteiger partial charge in [0.05, 0.1) is 17.5 Å². The average Bonchev–Trinajstić information content (AvgIpc) is 3.15. The van der Waals surface area contributed by atoms with Gasteiger partial charge in [-0.15, -0.1) is 0 Å². The molecule has 19 heavy (non-hydrogen) atoms. The molecule has 0 unspecified atom stereocenters. The smallest absolute Gasteiger partial charge is 0.144 e. The van der Waals surface area contributed by atoms with Gasteiger partial charge in [0.2, 0.25) is 0 Å². The summed E-state index contributed by atoms with van der Waals surface area (Å²) in [5.74, 6) is 1.67. The second kappa shape index (κ2) is 6.18. The zero-order valence-corrected chi connectivity index (χ0v) is 12.4. The molecular weight excluding hydrogens is 236 g/mol. The lowest BCUT2D eigenvalue weighted by Crippen LogP contribution is -2.27. The van der Waals surface area contributed by atoms with E-state index in [1.165, 1.54) is 12.8 Å². The minimum atomic E-state index is 0.153. The van der Waals surface area contributed by atoms with Crippen molar-refractivity contribution in [1.82, 2.24) is 0 Å². The number of nitrogens with two attached hydrogens (primary N) is 1. The lowest BCUT2D eigenvalue weighted by Gasteiger charge is -2.27. The molecule has 0 saturated heterocycles. The van der Waals surface area contributed by atoms with E-state index in [1.807, 2.05) is 26.0 Å². The summed E-state index contributed by atoms with van der Waals surface area (Å²) < 4.78 is 5.78. The molecule has 2 N–H and O–H groups in total. The fourth-order valence-corrected chi connectivity index (χ4v) is 2.36. The number of benzene rings is 1. The van der Waals surface area contributed by atoms with Crippen LogP contribution in [0.5, 0.6) is 5.75 Å². The largest absolute Gasteiger partial charge is 0.489 e. The molecule has 3 nitrogen and oxygen atoms in total. The third kappa shape index (κ3) is 3.79. The predicted octanol–water partition coefficient (Wildman–Crippen LogP) is 3.68. The Hall–Kier alpha value is -1.38. The Kier molecular flexibility index (Phi) is 4.56. The van der Waals surface area contributed by atoms with E-state index in [-0.39, 0.29) is 6.10 Å². The third-order valence-electron chi connectivity index (χ3n) is 3.42. The fourth-order valence-electron chi connectivity index (χ4n) is 2.36. The molecule has 0 heterocycles. The molecule has 0 amide bonds. The van der Waals surface area contributed by atoms with Gasteiger partial charge in [-0.3, -0.25) is 0 Å². The zero-order chi connectivity index (χ0) is 13.8. The zero-order valence-electron chi connectivity index (χ0n) is 12.4. The van der Waals surface area contributed by atoms with Gasteiger partial charge < -0.3 is 15.4 Å². The molecule has 0 spiro atoms. The van der Waals surface area contributed by atoms with Crippen molar-refractivity contribution in [3.63, 3.8) is 0 Å². The molecule has 0 aromatic heterocycles. The molecule has 1 fully saturated rings. The molecule has 0 atom stereocenters. The van der Waals surface area contributed by atoms with E-state index < -0.39 is 0 Å². The SMILES string of the molecule is CCCN(CC1CC1)c1cccc(OC(C)C)c1N. The number of hydrogen-bond donors (Lipinski definition) is 1. The summed E-state index contributed by atoms with van der Waals surface area (Å²) in [5.41, 5.74) is 8.21. The van der Waals surface area contributed by atoms with E-state index in [9.17, 15) is 0 Å². The van der Waals surface area contributed by atoms with Crippen LogP contribution in [0.3, 0.4) is 0 Å². The van der Waals surface area contributed by atoms with Crippen molar-refractivity contribution < 1.29 is 4.74 Å². The highest BCUT2D eigenvalue weighted by Crippen LogP contribution is 2.36. The molecule has 1 aromatic rings. The first-order chi connectivity index (χ1) is 9.11. The van der Waals surface area contributed by atoms with Crippen molar-refractivity contribution in [2.45, 2.75) is 46.1 Å². The molecule has 1 saturated carbocycles. The first kappa shape index (κ1) is 14.0. The maximum Gasteiger partial charge on any atom is 0.144 e. The number of rotatable bonds is 7. The molecular formula is C16H26N2O. The molecule has 106 valence electrons. The van der Waals surface area contributed by atoms with Gasteiger partial charge in [-0.05, 0) is 51.2 Å². The maximum absolute atomic E-state index is 6.29. The quantitative estimate of drug-likeness (QED) is 0.762. The summed E-state index contributed by atoms with van der Waals surface area (Å²) in [5, 5.41) is 0. The van der Waals surface area contributed by atoms with E-state index >= 15 is 0 Å². The van der Waals surface area contributed by atoms with Crippen LogP contribution in [0.1, 0.15) is 40.0 Å². The Morgan fingerprint density at radius 2 is 2.11 bits per heavy atom. The summed E-state index contributed by atoms with van der Waals surface area (Å²) >= 11 is 0. The average molecular weight is 262 g/mol. The van der Waals surface area contributed by atoms with Gasteiger partial charge in [0, 0.05) is 13.1 Å². The van der Waals surface area contributed by atoms with Crippen LogP contribution in [0.4, 0.5) is 11.4 Å². The van der Waals surface area contributed by atoms with Crippen molar-refractivity contribution in [2.24, 2.45) is 5.92 Å². The van der Waals surface area contributed by atoms with Gasteiger partial charge in [-0.2, -0.15) is 0 Å². The normalized spacial score (nSPS) is 14.7. The van der Waals surface area contributed by atoms with Crippen molar-refractivity contribution in [2.75, 3.05) is 23.7 Å². The van der Waals surface area contributed by atoms with E-state index in [2.05, 4.69) is 17.9 Å². The van der Waals surface area contributed by atoms with Gasteiger partial charge in [0.1, 0.15) is 5.75 Å².